The molecule has 3 aromatic carbocycles. The number of phenols is 3. The van der Waals surface area contributed by atoms with E-state index in [2.05, 4.69) is 42.5 Å². The summed E-state index contributed by atoms with van der Waals surface area (Å²) in [6.07, 6.45) is -0.609. The minimum atomic E-state index is -1.80. The number of rotatable bonds is 32. The van der Waals surface area contributed by atoms with E-state index in [-0.39, 0.29) is 62.3 Å². The van der Waals surface area contributed by atoms with Crippen LogP contribution in [0.3, 0.4) is 0 Å². The Morgan fingerprint density at radius 3 is 1.61 bits per heavy atom. The van der Waals surface area contributed by atoms with Crippen LogP contribution in [0, 0.1) is 0 Å². The third-order valence-electron chi connectivity index (χ3n) is 12.9. The van der Waals surface area contributed by atoms with Gasteiger partial charge in [0.05, 0.1) is 25.3 Å². The number of aromatic hydroxyl groups is 3. The van der Waals surface area contributed by atoms with Crippen LogP contribution in [-0.4, -0.2) is 193 Å². The zero-order chi connectivity index (χ0) is 60.6. The number of nitrogens with zero attached hydrogens (tertiary/aromatic N) is 1. The van der Waals surface area contributed by atoms with Crippen LogP contribution in [0.5, 0.6) is 17.2 Å². The first-order valence-electron chi connectivity index (χ1n) is 25.9. The highest BCUT2D eigenvalue weighted by Gasteiger charge is 2.40. The first kappa shape index (κ1) is 66.0. The summed E-state index contributed by atoms with van der Waals surface area (Å²) in [6.45, 7) is -1.43. The Kier molecular flexibility index (Phi) is 26.3. The molecular weight excluding hydrogens is 1090 g/mol. The van der Waals surface area contributed by atoms with Crippen LogP contribution in [-0.2, 0) is 72.0 Å². The van der Waals surface area contributed by atoms with Gasteiger partial charge in [-0.1, -0.05) is 36.4 Å². The van der Waals surface area contributed by atoms with Crippen molar-refractivity contribution in [1.82, 2.24) is 47.4 Å². The maximum absolute atomic E-state index is 14.3. The summed E-state index contributed by atoms with van der Waals surface area (Å²) < 4.78 is 0. The third-order valence-corrected chi connectivity index (χ3v) is 13.5. The number of carbonyl (C=O) groups excluding carboxylic acids is 10. The number of likely N-dealkylation sites (tertiary alicyclic amines) is 1. The van der Waals surface area contributed by atoms with Crippen LogP contribution >= 0.6 is 11.8 Å². The van der Waals surface area contributed by atoms with Gasteiger partial charge in [0.2, 0.25) is 59.1 Å². The van der Waals surface area contributed by atoms with Gasteiger partial charge in [0, 0.05) is 25.8 Å². The van der Waals surface area contributed by atoms with E-state index in [1.807, 2.05) is 0 Å². The summed E-state index contributed by atoms with van der Waals surface area (Å²) >= 11 is 1.37. The van der Waals surface area contributed by atoms with Gasteiger partial charge in [0.1, 0.15) is 66.1 Å². The lowest BCUT2D eigenvalue weighted by Crippen LogP contribution is -2.61. The van der Waals surface area contributed by atoms with Crippen molar-refractivity contribution in [3.8, 4) is 17.2 Å². The topological polar surface area (TPSA) is 461 Å². The third kappa shape index (κ3) is 21.5. The fourth-order valence-electron chi connectivity index (χ4n) is 8.44. The number of aliphatic hydroxyl groups excluding tert-OH is 2. The molecule has 0 saturated carbocycles. The van der Waals surface area contributed by atoms with E-state index < -0.39 is 146 Å². The molecular formula is C53H71N11O17S. The van der Waals surface area contributed by atoms with Crippen molar-refractivity contribution in [3.05, 3.63) is 89.5 Å². The predicted molar refractivity (Wildman–Crippen MR) is 294 cm³/mol. The Morgan fingerprint density at radius 1 is 0.610 bits per heavy atom. The van der Waals surface area contributed by atoms with Crippen LogP contribution in [0.1, 0.15) is 55.7 Å². The molecule has 28 nitrogen and oxygen atoms in total. The minimum absolute atomic E-state index is 0.0146. The second-order valence-electron chi connectivity index (χ2n) is 19.3. The number of amides is 10. The van der Waals surface area contributed by atoms with Crippen LogP contribution in [0.25, 0.3) is 0 Å². The second-order valence-corrected chi connectivity index (χ2v) is 20.3. The summed E-state index contributed by atoms with van der Waals surface area (Å²) in [6, 6.07) is 5.08. The number of thioether (sulfide) groups is 1. The van der Waals surface area contributed by atoms with E-state index in [0.29, 0.717) is 28.9 Å². The number of primary amides is 1. The number of carboxylic acids is 1. The number of aliphatic carboxylic acids is 1. The molecule has 18 N–H and O–H groups in total. The normalized spacial score (nSPS) is 15.8. The van der Waals surface area contributed by atoms with Crippen molar-refractivity contribution in [2.75, 3.05) is 38.2 Å². The average molecular weight is 1170 g/mol. The lowest BCUT2D eigenvalue weighted by molar-refractivity contribution is -0.143. The molecule has 0 radical (unpaired) electrons. The Hall–Kier alpha value is -8.54. The molecule has 0 bridgehead atoms. The number of nitrogens with one attached hydrogen (secondary N) is 8. The highest BCUT2D eigenvalue weighted by atomic mass is 32.2. The van der Waals surface area contributed by atoms with E-state index in [9.17, 15) is 78.3 Å². The SMILES string of the molecule is CSCC[C@H](NC(=O)[C@@H]1CCCN1C(=O)[C@H](CCC(N)=O)NC(=O)[C@H](Cc1ccc(O)cc1)NC(=O)CNC(=O)[C@H](Cc1ccc(O)cc1)NC(=O)[C@H](CO)NC(=O)[C@@H](NC(=O)[C@@H](N)Cc1ccc(O)cc1)[C@@H](C)O)C(=O)NCC(=O)O. The molecule has 10 amide bonds. The van der Waals surface area contributed by atoms with Gasteiger partial charge in [-0.25, -0.2) is 0 Å². The van der Waals surface area contributed by atoms with E-state index >= 15 is 0 Å². The number of carboxylic acid groups (broad SMARTS) is 1. The van der Waals surface area contributed by atoms with Gasteiger partial charge < -0.3 is 89.5 Å². The van der Waals surface area contributed by atoms with Gasteiger partial charge in [-0.05, 0) is 104 Å². The Labute approximate surface area is 475 Å². The molecule has 1 saturated heterocycles. The zero-order valence-electron chi connectivity index (χ0n) is 45.0. The second kappa shape index (κ2) is 32.6. The minimum Gasteiger partial charge on any atom is -0.508 e. The Morgan fingerprint density at radius 2 is 1.10 bits per heavy atom. The van der Waals surface area contributed by atoms with E-state index in [1.165, 1.54) is 96.4 Å². The number of hydrogen-bond acceptors (Lipinski definition) is 18. The number of benzene rings is 3. The van der Waals surface area contributed by atoms with Crippen molar-refractivity contribution in [2.24, 2.45) is 11.5 Å². The summed E-state index contributed by atoms with van der Waals surface area (Å²) in [7, 11) is 0. The first-order valence-corrected chi connectivity index (χ1v) is 27.3. The van der Waals surface area contributed by atoms with Gasteiger partial charge in [-0.2, -0.15) is 11.8 Å². The van der Waals surface area contributed by atoms with E-state index in [0.717, 1.165) is 0 Å². The smallest absolute Gasteiger partial charge is 0.322 e. The van der Waals surface area contributed by atoms with Gasteiger partial charge in [0.25, 0.3) is 0 Å². The lowest BCUT2D eigenvalue weighted by Gasteiger charge is -2.30. The molecule has 1 fully saturated rings. The number of carbonyl (C=O) groups is 11. The van der Waals surface area contributed by atoms with Crippen molar-refractivity contribution in [2.45, 2.75) is 113 Å². The molecule has 0 unspecified atom stereocenters. The quantitative estimate of drug-likeness (QED) is 0.0282. The van der Waals surface area contributed by atoms with Crippen molar-refractivity contribution >= 4 is 76.8 Å². The molecule has 82 heavy (non-hydrogen) atoms. The van der Waals surface area contributed by atoms with Crippen LogP contribution in [0.4, 0.5) is 0 Å². The molecule has 0 aliphatic carbocycles. The molecule has 9 atom stereocenters. The van der Waals surface area contributed by atoms with Crippen LogP contribution in [0.15, 0.2) is 72.8 Å². The Bertz CT molecular complexity index is 2720. The fourth-order valence-corrected chi connectivity index (χ4v) is 8.91. The summed E-state index contributed by atoms with van der Waals surface area (Å²) in [5, 5.41) is 78.4. The highest BCUT2D eigenvalue weighted by Crippen LogP contribution is 2.21. The molecule has 0 aromatic heterocycles. The molecule has 1 heterocycles. The molecule has 1 aliphatic rings. The lowest BCUT2D eigenvalue weighted by atomic mass is 10.0. The predicted octanol–water partition coefficient (Wildman–Crippen LogP) is -4.23. The van der Waals surface area contributed by atoms with Crippen molar-refractivity contribution < 1.29 is 83.4 Å². The zero-order valence-corrected chi connectivity index (χ0v) is 45.8. The molecule has 446 valence electrons. The maximum Gasteiger partial charge on any atom is 0.322 e. The number of aliphatic hydroxyl groups is 2. The summed E-state index contributed by atoms with van der Waals surface area (Å²) in [4.78, 5) is 147. The standard InChI is InChI=1S/C53H71N11O17S/c1-28(66)45(63-46(74)35(54)22-29-5-11-32(67)12-6-29)52(80)62-40(27-65)50(78)61-38(23-30-7-13-33(68)14-8-30)48(76)56-25-43(71)58-39(24-31-9-15-34(69)16-10-31)49(77)60-37(17-18-42(55)70)53(81)64-20-3-4-41(64)51(79)59-36(19-21-82-2)47(75)57-26-44(72)73/h5-16,28,35-41,45,65-69H,3-4,17-27,54H2,1-2H3,(H2,55,70)(H,56,76)(H,57,75)(H,58,71)(H,59,79)(H,60,77)(H,61,78)(H,62,80)(H,63,74)(H,72,73)/t28-,35+,36+,37+,38+,39+,40+,41+,45+/m1/s1. The van der Waals surface area contributed by atoms with Gasteiger partial charge in [-0.15, -0.1) is 0 Å². The monoisotopic (exact) mass is 1170 g/mol. The molecule has 29 heteroatoms. The number of phenolic OH excluding ortho intramolecular Hbond substituents is 3. The van der Waals surface area contributed by atoms with E-state index in [1.54, 1.807) is 6.26 Å². The summed E-state index contributed by atoms with van der Waals surface area (Å²) in [5.41, 5.74) is 12.8. The Balaban J connectivity index is 1.51. The largest absolute Gasteiger partial charge is 0.508 e. The average Bonchev–Trinajstić information content (AvgIpc) is 4.03. The molecule has 1 aliphatic heterocycles. The van der Waals surface area contributed by atoms with Gasteiger partial charge in [0.15, 0.2) is 0 Å². The highest BCUT2D eigenvalue weighted by molar-refractivity contribution is 7.98. The molecule has 4 rings (SSSR count). The van der Waals surface area contributed by atoms with Crippen molar-refractivity contribution in [1.29, 1.82) is 0 Å². The van der Waals surface area contributed by atoms with Crippen LogP contribution < -0.4 is 54.0 Å². The summed E-state index contributed by atoms with van der Waals surface area (Å²) in [5.74, 6) is -10.5. The molecule has 0 spiro atoms. The maximum atomic E-state index is 14.3. The van der Waals surface area contributed by atoms with Crippen LogP contribution in [0.2, 0.25) is 0 Å². The van der Waals surface area contributed by atoms with Crippen molar-refractivity contribution in [3.63, 3.8) is 0 Å². The van der Waals surface area contributed by atoms with E-state index in [4.69, 9.17) is 16.6 Å². The number of nitrogens with two attached hydrogens (primary N) is 2. The molecule has 3 aromatic rings. The fraction of sp³-hybridized carbons (Fsp3) is 0.453. The number of hydrogen-bond donors (Lipinski definition) is 16. The van der Waals surface area contributed by atoms with Gasteiger partial charge in [-0.3, -0.25) is 52.7 Å². The first-order chi connectivity index (χ1) is 38.9. The van der Waals surface area contributed by atoms with Gasteiger partial charge >= 0.3 is 5.97 Å².